The predicted octanol–water partition coefficient (Wildman–Crippen LogP) is 5.27. The van der Waals surface area contributed by atoms with Crippen LogP contribution >= 0.6 is 0 Å². The molecule has 3 heteroatoms. The Bertz CT molecular complexity index is 532. The molecular formula is C23H35NO2. The molecular weight excluding hydrogens is 322 g/mol. The molecule has 1 aliphatic heterocycles. The average molecular weight is 358 g/mol. The van der Waals surface area contributed by atoms with Crippen molar-refractivity contribution in [3.63, 3.8) is 0 Å². The third-order valence-corrected chi connectivity index (χ3v) is 6.76. The van der Waals surface area contributed by atoms with Gasteiger partial charge in [0.05, 0.1) is 0 Å². The Labute approximate surface area is 158 Å². The summed E-state index contributed by atoms with van der Waals surface area (Å²) < 4.78 is 0. The molecule has 2 bridgehead atoms. The molecule has 26 heavy (non-hydrogen) atoms. The van der Waals surface area contributed by atoms with Crippen LogP contribution in [0.25, 0.3) is 0 Å². The van der Waals surface area contributed by atoms with Gasteiger partial charge in [-0.05, 0) is 49.4 Å². The first-order valence-electron chi connectivity index (χ1n) is 10.9. The Morgan fingerprint density at radius 2 is 1.35 bits per heavy atom. The number of unbranched alkanes of at least 4 members (excludes halogenated alkanes) is 6. The monoisotopic (exact) mass is 357 g/mol. The molecule has 3 aliphatic rings. The second-order valence-electron chi connectivity index (χ2n) is 8.49. The van der Waals surface area contributed by atoms with Gasteiger partial charge >= 0.3 is 0 Å². The number of allylic oxidation sites excluding steroid dienone is 2. The molecule has 1 fully saturated rings. The van der Waals surface area contributed by atoms with Gasteiger partial charge in [0.15, 0.2) is 0 Å². The summed E-state index contributed by atoms with van der Waals surface area (Å²) in [5.74, 6) is 3.28. The third-order valence-electron chi connectivity index (χ3n) is 6.76. The summed E-state index contributed by atoms with van der Waals surface area (Å²) in [6.45, 7) is 2.87. The van der Waals surface area contributed by atoms with Crippen molar-refractivity contribution < 1.29 is 9.59 Å². The van der Waals surface area contributed by atoms with Gasteiger partial charge in [-0.25, -0.2) is 0 Å². The molecule has 0 aromatic heterocycles. The largest absolute Gasteiger partial charge is 0.275 e. The molecule has 0 aromatic carbocycles. The van der Waals surface area contributed by atoms with E-state index in [0.717, 1.165) is 36.5 Å². The maximum Gasteiger partial charge on any atom is 0.253 e. The van der Waals surface area contributed by atoms with Crippen molar-refractivity contribution in [3.8, 4) is 0 Å². The van der Waals surface area contributed by atoms with Gasteiger partial charge in [0.1, 0.15) is 0 Å². The molecule has 1 saturated carbocycles. The van der Waals surface area contributed by atoms with Crippen LogP contribution in [0.15, 0.2) is 24.3 Å². The maximum atomic E-state index is 11.5. The zero-order valence-electron chi connectivity index (χ0n) is 16.4. The summed E-state index contributed by atoms with van der Waals surface area (Å²) in [5, 5.41) is 0. The summed E-state index contributed by atoms with van der Waals surface area (Å²) in [4.78, 5) is 24.4. The van der Waals surface area contributed by atoms with E-state index < -0.39 is 0 Å². The first-order valence-corrected chi connectivity index (χ1v) is 10.9. The van der Waals surface area contributed by atoms with Crippen LogP contribution in [0.5, 0.6) is 0 Å². The van der Waals surface area contributed by atoms with Crippen LogP contribution < -0.4 is 0 Å². The molecule has 0 spiro atoms. The molecule has 0 aromatic rings. The second kappa shape index (κ2) is 9.53. The second-order valence-corrected chi connectivity index (χ2v) is 8.49. The average Bonchev–Trinajstić information content (AvgIpc) is 3.32. The minimum atomic E-state index is -0.144. The number of hydrogen-bond acceptors (Lipinski definition) is 2. The normalized spacial score (nSPS) is 29.5. The van der Waals surface area contributed by atoms with Crippen LogP contribution in [-0.4, -0.2) is 23.3 Å². The number of imide groups is 1. The molecule has 2 amide bonds. The SMILES string of the molecule is CCCCCCC1C2C=CC(C2)C1CCCCCCN1C(=O)C=CC1=O. The lowest BCUT2D eigenvalue weighted by Crippen LogP contribution is -2.30. The van der Waals surface area contributed by atoms with Crippen LogP contribution in [0.3, 0.4) is 0 Å². The van der Waals surface area contributed by atoms with Crippen LogP contribution in [-0.2, 0) is 9.59 Å². The first-order chi connectivity index (χ1) is 12.7. The van der Waals surface area contributed by atoms with E-state index in [9.17, 15) is 9.59 Å². The van der Waals surface area contributed by atoms with Crippen molar-refractivity contribution in [1.82, 2.24) is 4.90 Å². The number of nitrogens with zero attached hydrogens (tertiary/aromatic N) is 1. The Kier molecular flexibility index (Phi) is 7.10. The lowest BCUT2D eigenvalue weighted by Gasteiger charge is -2.28. The Morgan fingerprint density at radius 1 is 0.808 bits per heavy atom. The fourth-order valence-corrected chi connectivity index (χ4v) is 5.35. The third kappa shape index (κ3) is 4.66. The first kappa shape index (κ1) is 19.4. The maximum absolute atomic E-state index is 11.5. The minimum absolute atomic E-state index is 0.144. The summed E-state index contributed by atoms with van der Waals surface area (Å²) in [6.07, 6.45) is 22.1. The Morgan fingerprint density at radius 3 is 1.92 bits per heavy atom. The fraction of sp³-hybridized carbons (Fsp3) is 0.739. The summed E-state index contributed by atoms with van der Waals surface area (Å²) in [6, 6.07) is 0. The molecule has 0 saturated heterocycles. The van der Waals surface area contributed by atoms with E-state index in [1.165, 1.54) is 74.8 Å². The highest BCUT2D eigenvalue weighted by Gasteiger charge is 2.43. The van der Waals surface area contributed by atoms with Gasteiger partial charge in [0.25, 0.3) is 11.8 Å². The number of fused-ring (bicyclic) bond motifs is 2. The predicted molar refractivity (Wildman–Crippen MR) is 105 cm³/mol. The number of rotatable bonds is 12. The highest BCUT2D eigenvalue weighted by Crippen LogP contribution is 2.51. The molecule has 144 valence electrons. The number of hydrogen-bond donors (Lipinski definition) is 0. The van der Waals surface area contributed by atoms with Gasteiger partial charge in [-0.1, -0.05) is 64.0 Å². The van der Waals surface area contributed by atoms with E-state index in [1.54, 1.807) is 0 Å². The molecule has 4 unspecified atom stereocenters. The molecule has 0 radical (unpaired) electrons. The number of carbonyl (C=O) groups excluding carboxylic acids is 2. The Hall–Kier alpha value is -1.38. The van der Waals surface area contributed by atoms with Gasteiger partial charge in [-0.3, -0.25) is 14.5 Å². The van der Waals surface area contributed by atoms with Gasteiger partial charge < -0.3 is 0 Å². The van der Waals surface area contributed by atoms with Gasteiger partial charge in [-0.15, -0.1) is 0 Å². The van der Waals surface area contributed by atoms with E-state index >= 15 is 0 Å². The fourth-order valence-electron chi connectivity index (χ4n) is 5.35. The quantitative estimate of drug-likeness (QED) is 0.271. The zero-order chi connectivity index (χ0) is 18.4. The lowest BCUT2D eigenvalue weighted by molar-refractivity contribution is -0.136. The molecule has 3 rings (SSSR count). The van der Waals surface area contributed by atoms with E-state index in [0.29, 0.717) is 6.54 Å². The van der Waals surface area contributed by atoms with Crippen LogP contribution in [0.2, 0.25) is 0 Å². The lowest BCUT2D eigenvalue weighted by atomic mass is 9.77. The summed E-state index contributed by atoms with van der Waals surface area (Å²) in [7, 11) is 0. The molecule has 4 atom stereocenters. The Balaban J connectivity index is 1.31. The summed E-state index contributed by atoms with van der Waals surface area (Å²) >= 11 is 0. The molecule has 3 nitrogen and oxygen atoms in total. The van der Waals surface area contributed by atoms with Crippen molar-refractivity contribution in [2.75, 3.05) is 6.54 Å². The van der Waals surface area contributed by atoms with E-state index in [1.807, 2.05) is 0 Å². The highest BCUT2D eigenvalue weighted by molar-refractivity contribution is 6.12. The molecule has 1 heterocycles. The minimum Gasteiger partial charge on any atom is -0.275 e. The van der Waals surface area contributed by atoms with Gasteiger partial charge in [0.2, 0.25) is 0 Å². The van der Waals surface area contributed by atoms with Gasteiger partial charge in [0, 0.05) is 18.7 Å². The summed E-state index contributed by atoms with van der Waals surface area (Å²) in [5.41, 5.74) is 0. The topological polar surface area (TPSA) is 37.4 Å². The van der Waals surface area contributed by atoms with Crippen LogP contribution in [0, 0.1) is 23.7 Å². The molecule has 2 aliphatic carbocycles. The van der Waals surface area contributed by atoms with E-state index in [-0.39, 0.29) is 11.8 Å². The molecule has 0 N–H and O–H groups in total. The van der Waals surface area contributed by atoms with Crippen molar-refractivity contribution in [1.29, 1.82) is 0 Å². The number of carbonyl (C=O) groups is 2. The van der Waals surface area contributed by atoms with Gasteiger partial charge in [-0.2, -0.15) is 0 Å². The smallest absolute Gasteiger partial charge is 0.253 e. The van der Waals surface area contributed by atoms with Crippen molar-refractivity contribution in [3.05, 3.63) is 24.3 Å². The van der Waals surface area contributed by atoms with Crippen LogP contribution in [0.4, 0.5) is 0 Å². The van der Waals surface area contributed by atoms with Crippen LogP contribution in [0.1, 0.15) is 77.6 Å². The standard InChI is InChI=1S/C23H35NO2/c1-2-3-4-7-10-20-18-12-13-19(17-18)21(20)11-8-5-6-9-16-24-22(25)14-15-23(24)26/h12-15,18-21H,2-11,16-17H2,1H3. The van der Waals surface area contributed by atoms with Crippen molar-refractivity contribution in [2.45, 2.75) is 77.6 Å². The van der Waals surface area contributed by atoms with Crippen molar-refractivity contribution >= 4 is 11.8 Å². The van der Waals surface area contributed by atoms with Crippen molar-refractivity contribution in [2.24, 2.45) is 23.7 Å². The zero-order valence-corrected chi connectivity index (χ0v) is 16.4. The van der Waals surface area contributed by atoms with E-state index in [2.05, 4.69) is 19.1 Å². The number of amides is 2. The van der Waals surface area contributed by atoms with E-state index in [4.69, 9.17) is 0 Å². The highest BCUT2D eigenvalue weighted by atomic mass is 16.2.